The minimum atomic E-state index is -0.863. The molecular weight excluding hydrogens is 483 g/mol. The summed E-state index contributed by atoms with van der Waals surface area (Å²) in [4.78, 5) is 40.0. The zero-order valence-corrected chi connectivity index (χ0v) is 20.0. The van der Waals surface area contributed by atoms with Crippen LogP contribution in [0.1, 0.15) is 57.3 Å². The van der Waals surface area contributed by atoms with E-state index in [4.69, 9.17) is 4.74 Å². The van der Waals surface area contributed by atoms with Crippen LogP contribution >= 0.6 is 22.6 Å². The standard InChI is InChI=1S/C22H31IN2O4/c1-14(2)13-18(22(3,4)21(28)29-5)24-19(26)17-7-6-12-25(17)20(27)15-8-10-16(23)11-9-15/h8-11,14,17-18H,6-7,12-13H2,1-5H3,(H,24,26)/t17-,18+/m0/s1. The molecule has 0 bridgehead atoms. The van der Waals surface area contributed by atoms with Crippen molar-refractivity contribution in [3.8, 4) is 0 Å². The first kappa shape index (κ1) is 23.6. The maximum atomic E-state index is 13.1. The third kappa shape index (κ3) is 5.71. The van der Waals surface area contributed by atoms with Gasteiger partial charge in [-0.3, -0.25) is 14.4 Å². The summed E-state index contributed by atoms with van der Waals surface area (Å²) in [7, 11) is 1.36. The molecule has 2 rings (SSSR count). The van der Waals surface area contributed by atoms with Crippen molar-refractivity contribution in [1.29, 1.82) is 0 Å². The van der Waals surface area contributed by atoms with Gasteiger partial charge in [0.25, 0.3) is 5.91 Å². The smallest absolute Gasteiger partial charge is 0.313 e. The molecular formula is C22H31IN2O4. The molecule has 1 N–H and O–H groups in total. The van der Waals surface area contributed by atoms with Crippen molar-refractivity contribution in [3.63, 3.8) is 0 Å². The lowest BCUT2D eigenvalue weighted by Crippen LogP contribution is -2.55. The van der Waals surface area contributed by atoms with Crippen molar-refractivity contribution in [3.05, 3.63) is 33.4 Å². The molecule has 1 heterocycles. The van der Waals surface area contributed by atoms with Crippen molar-refractivity contribution < 1.29 is 19.1 Å². The number of likely N-dealkylation sites (tertiary alicyclic amines) is 1. The molecule has 0 aromatic heterocycles. The van der Waals surface area contributed by atoms with Crippen molar-refractivity contribution in [2.24, 2.45) is 11.3 Å². The van der Waals surface area contributed by atoms with E-state index < -0.39 is 11.5 Å². The number of carbonyl (C=O) groups excluding carboxylic acids is 3. The number of hydrogen-bond donors (Lipinski definition) is 1. The van der Waals surface area contributed by atoms with E-state index in [-0.39, 0.29) is 29.7 Å². The Morgan fingerprint density at radius 1 is 1.24 bits per heavy atom. The van der Waals surface area contributed by atoms with Gasteiger partial charge in [-0.25, -0.2) is 0 Å². The number of benzene rings is 1. The summed E-state index contributed by atoms with van der Waals surface area (Å²) in [6, 6.07) is 6.45. The quantitative estimate of drug-likeness (QED) is 0.446. The highest BCUT2D eigenvalue weighted by atomic mass is 127. The van der Waals surface area contributed by atoms with Crippen LogP contribution in [0.25, 0.3) is 0 Å². The number of nitrogens with one attached hydrogen (secondary N) is 1. The molecule has 1 aliphatic heterocycles. The van der Waals surface area contributed by atoms with Gasteiger partial charge in [-0.15, -0.1) is 0 Å². The van der Waals surface area contributed by atoms with Crippen molar-refractivity contribution in [2.75, 3.05) is 13.7 Å². The first-order valence-electron chi connectivity index (χ1n) is 10.0. The molecule has 1 aromatic rings. The van der Waals surface area contributed by atoms with Gasteiger partial charge in [-0.05, 0) is 85.9 Å². The lowest BCUT2D eigenvalue weighted by molar-refractivity contribution is -0.153. The van der Waals surface area contributed by atoms with Gasteiger partial charge in [0, 0.05) is 21.7 Å². The lowest BCUT2D eigenvalue weighted by atomic mass is 9.80. The molecule has 1 saturated heterocycles. The van der Waals surface area contributed by atoms with E-state index in [1.807, 2.05) is 12.1 Å². The second-order valence-electron chi connectivity index (χ2n) is 8.57. The third-order valence-corrected chi connectivity index (χ3v) is 6.23. The summed E-state index contributed by atoms with van der Waals surface area (Å²) in [5.41, 5.74) is -0.281. The van der Waals surface area contributed by atoms with E-state index in [2.05, 4.69) is 41.8 Å². The van der Waals surface area contributed by atoms with Crippen LogP contribution in [0, 0.1) is 14.9 Å². The molecule has 0 radical (unpaired) electrons. The Bertz CT molecular complexity index is 746. The molecule has 0 aliphatic carbocycles. The largest absolute Gasteiger partial charge is 0.469 e. The predicted molar refractivity (Wildman–Crippen MR) is 120 cm³/mol. The maximum Gasteiger partial charge on any atom is 0.313 e. The van der Waals surface area contributed by atoms with Crippen LogP contribution in [0.15, 0.2) is 24.3 Å². The van der Waals surface area contributed by atoms with Crippen molar-refractivity contribution in [1.82, 2.24) is 10.2 Å². The van der Waals surface area contributed by atoms with Crippen LogP contribution in [0.3, 0.4) is 0 Å². The highest BCUT2D eigenvalue weighted by molar-refractivity contribution is 14.1. The third-order valence-electron chi connectivity index (χ3n) is 5.51. The van der Waals surface area contributed by atoms with Gasteiger partial charge in [-0.1, -0.05) is 13.8 Å². The van der Waals surface area contributed by atoms with Gasteiger partial charge < -0.3 is 15.0 Å². The highest BCUT2D eigenvalue weighted by Gasteiger charge is 2.42. The average molecular weight is 514 g/mol. The first-order chi connectivity index (χ1) is 13.6. The molecule has 0 saturated carbocycles. The summed E-state index contributed by atoms with van der Waals surface area (Å²) in [6.07, 6.45) is 2.05. The van der Waals surface area contributed by atoms with Crippen LogP contribution < -0.4 is 5.32 Å². The van der Waals surface area contributed by atoms with Crippen LogP contribution in [0.5, 0.6) is 0 Å². The topological polar surface area (TPSA) is 75.7 Å². The van der Waals surface area contributed by atoms with E-state index in [0.29, 0.717) is 24.9 Å². The second kappa shape index (κ2) is 9.91. The van der Waals surface area contributed by atoms with Crippen LogP contribution in [0.2, 0.25) is 0 Å². The van der Waals surface area contributed by atoms with Crippen LogP contribution in [0.4, 0.5) is 0 Å². The lowest BCUT2D eigenvalue weighted by Gasteiger charge is -2.35. The Labute approximate surface area is 186 Å². The fourth-order valence-corrected chi connectivity index (χ4v) is 4.08. The van der Waals surface area contributed by atoms with E-state index in [1.165, 1.54) is 7.11 Å². The Morgan fingerprint density at radius 2 is 1.86 bits per heavy atom. The summed E-state index contributed by atoms with van der Waals surface area (Å²) in [6.45, 7) is 8.23. The molecule has 7 heteroatoms. The van der Waals surface area contributed by atoms with Gasteiger partial charge in [0.1, 0.15) is 6.04 Å². The van der Waals surface area contributed by atoms with E-state index in [0.717, 1.165) is 9.99 Å². The minimum Gasteiger partial charge on any atom is -0.469 e. The summed E-state index contributed by atoms with van der Waals surface area (Å²) >= 11 is 2.19. The number of ether oxygens (including phenoxy) is 1. The molecule has 1 aromatic carbocycles. The minimum absolute atomic E-state index is 0.133. The fourth-order valence-electron chi connectivity index (χ4n) is 3.72. The molecule has 1 aliphatic rings. The van der Waals surface area contributed by atoms with E-state index >= 15 is 0 Å². The number of methoxy groups -OCH3 is 1. The molecule has 2 atom stereocenters. The van der Waals surface area contributed by atoms with Gasteiger partial charge in [0.15, 0.2) is 0 Å². The number of rotatable bonds is 7. The first-order valence-corrected chi connectivity index (χ1v) is 11.1. The van der Waals surface area contributed by atoms with Gasteiger partial charge in [0.2, 0.25) is 5.91 Å². The number of hydrogen-bond acceptors (Lipinski definition) is 4. The van der Waals surface area contributed by atoms with E-state index in [1.54, 1.807) is 30.9 Å². The molecule has 6 nitrogen and oxygen atoms in total. The van der Waals surface area contributed by atoms with Gasteiger partial charge >= 0.3 is 5.97 Å². The number of esters is 1. The molecule has 29 heavy (non-hydrogen) atoms. The Balaban J connectivity index is 2.18. The van der Waals surface area contributed by atoms with Crippen molar-refractivity contribution >= 4 is 40.4 Å². The molecule has 2 amide bonds. The summed E-state index contributed by atoms with van der Waals surface area (Å²) in [5.74, 6) is -0.408. The Kier molecular flexibility index (Phi) is 8.08. The molecule has 1 fully saturated rings. The van der Waals surface area contributed by atoms with Gasteiger partial charge in [0.05, 0.1) is 12.5 Å². The number of halogens is 1. The number of nitrogens with zero attached hydrogens (tertiary/aromatic N) is 1. The van der Waals surface area contributed by atoms with E-state index in [9.17, 15) is 14.4 Å². The average Bonchev–Trinajstić information content (AvgIpc) is 3.16. The predicted octanol–water partition coefficient (Wildman–Crippen LogP) is 3.63. The zero-order chi connectivity index (χ0) is 21.8. The van der Waals surface area contributed by atoms with Crippen LogP contribution in [-0.4, -0.2) is 48.4 Å². The summed E-state index contributed by atoms with van der Waals surface area (Å²) in [5, 5.41) is 3.06. The normalized spacial score (nSPS) is 17.9. The highest BCUT2D eigenvalue weighted by Crippen LogP contribution is 2.28. The molecule has 0 unspecified atom stereocenters. The van der Waals surface area contributed by atoms with Crippen LogP contribution in [-0.2, 0) is 14.3 Å². The molecule has 0 spiro atoms. The Hall–Kier alpha value is -1.64. The summed E-state index contributed by atoms with van der Waals surface area (Å²) < 4.78 is 6.01. The number of carbonyl (C=O) groups is 3. The Morgan fingerprint density at radius 3 is 2.41 bits per heavy atom. The SMILES string of the molecule is COC(=O)C(C)(C)[C@@H](CC(C)C)NC(=O)[C@@H]1CCCN1C(=O)c1ccc(I)cc1. The maximum absolute atomic E-state index is 13.1. The van der Waals surface area contributed by atoms with Crippen molar-refractivity contribution in [2.45, 2.75) is 59.0 Å². The molecule has 160 valence electrons. The number of amides is 2. The zero-order valence-electron chi connectivity index (χ0n) is 17.8. The van der Waals surface area contributed by atoms with Gasteiger partial charge in [-0.2, -0.15) is 0 Å². The second-order valence-corrected chi connectivity index (χ2v) is 9.81. The fraction of sp³-hybridized carbons (Fsp3) is 0.591. The monoisotopic (exact) mass is 514 g/mol.